The average molecular weight is 445 g/mol. The molecule has 9 heteroatoms. The first-order chi connectivity index (χ1) is 14.9. The molecule has 0 N–H and O–H groups in total. The minimum Gasteiger partial charge on any atom is -0.378 e. The maximum absolute atomic E-state index is 6.53. The minimum absolute atomic E-state index is 0.471. The monoisotopic (exact) mass is 444 g/mol. The predicted molar refractivity (Wildman–Crippen MR) is 120 cm³/mol. The number of rotatable bonds is 6. The summed E-state index contributed by atoms with van der Waals surface area (Å²) < 4.78 is 10.7. The van der Waals surface area contributed by atoms with E-state index in [9.17, 15) is 0 Å². The Morgan fingerprint density at radius 3 is 2.39 bits per heavy atom. The summed E-state index contributed by atoms with van der Waals surface area (Å²) in [6.07, 6.45) is 1.09. The van der Waals surface area contributed by atoms with Crippen LogP contribution in [0.15, 0.2) is 27.2 Å². The summed E-state index contributed by atoms with van der Waals surface area (Å²) in [5.41, 5.74) is 3.84. The van der Waals surface area contributed by atoms with E-state index in [1.54, 1.807) is 0 Å². The van der Waals surface area contributed by atoms with E-state index < -0.39 is 0 Å². The average Bonchev–Trinajstić information content (AvgIpc) is 3.24. The molecule has 3 aromatic rings. The van der Waals surface area contributed by atoms with E-state index in [2.05, 4.69) is 42.1 Å². The molecule has 0 spiro atoms. The van der Waals surface area contributed by atoms with Gasteiger partial charge in [0.1, 0.15) is 11.3 Å². The number of hydrogen-bond acceptors (Lipinski definition) is 8. The molecule has 1 aromatic carbocycles. The zero-order valence-electron chi connectivity index (χ0n) is 18.6. The Bertz CT molecular complexity index is 1010. The van der Waals surface area contributed by atoms with Gasteiger partial charge in [0, 0.05) is 44.4 Å². The van der Waals surface area contributed by atoms with E-state index in [0.717, 1.165) is 61.1 Å². The van der Waals surface area contributed by atoms with Crippen LogP contribution >= 0.6 is 11.6 Å². The Hall–Kier alpha value is -2.42. The number of aryl methyl sites for hydroxylation is 2. The number of halogens is 1. The zero-order chi connectivity index (χ0) is 22.0. The van der Waals surface area contributed by atoms with Gasteiger partial charge >= 0.3 is 0 Å². The maximum Gasteiger partial charge on any atom is 0.263 e. The van der Waals surface area contributed by atoms with Crippen molar-refractivity contribution >= 4 is 17.3 Å². The molecule has 0 unspecified atom stereocenters. The van der Waals surface area contributed by atoms with Crippen LogP contribution in [0.25, 0.3) is 11.5 Å². The molecule has 0 bridgehead atoms. The Balaban J connectivity index is 1.35. The van der Waals surface area contributed by atoms with E-state index in [-0.39, 0.29) is 0 Å². The van der Waals surface area contributed by atoms with E-state index in [1.165, 1.54) is 5.56 Å². The largest absolute Gasteiger partial charge is 0.378 e. The maximum atomic E-state index is 6.53. The highest BCUT2D eigenvalue weighted by molar-refractivity contribution is 6.31. The molecular weight excluding hydrogens is 416 g/mol. The fourth-order valence-electron chi connectivity index (χ4n) is 3.93. The number of benzene rings is 1. The third kappa shape index (κ3) is 5.08. The second kappa shape index (κ2) is 9.38. The third-order valence-electron chi connectivity index (χ3n) is 5.71. The van der Waals surface area contributed by atoms with Crippen molar-refractivity contribution in [1.29, 1.82) is 0 Å². The van der Waals surface area contributed by atoms with Gasteiger partial charge in [-0.1, -0.05) is 28.0 Å². The smallest absolute Gasteiger partial charge is 0.263 e. The van der Waals surface area contributed by atoms with Gasteiger partial charge < -0.3 is 13.9 Å². The molecule has 0 radical (unpaired) electrons. The molecule has 0 atom stereocenters. The number of aromatic nitrogens is 3. The highest BCUT2D eigenvalue weighted by Crippen LogP contribution is 2.26. The summed E-state index contributed by atoms with van der Waals surface area (Å²) in [7, 11) is 4.05. The molecule has 0 aliphatic carbocycles. The van der Waals surface area contributed by atoms with E-state index >= 15 is 0 Å². The van der Waals surface area contributed by atoms with Crippen LogP contribution in [0.5, 0.6) is 0 Å². The van der Waals surface area contributed by atoms with Crippen LogP contribution < -0.4 is 4.90 Å². The Kier molecular flexibility index (Phi) is 6.60. The second-order valence-corrected chi connectivity index (χ2v) is 8.70. The van der Waals surface area contributed by atoms with Gasteiger partial charge in [0.25, 0.3) is 5.89 Å². The fourth-order valence-corrected chi connectivity index (χ4v) is 4.17. The summed E-state index contributed by atoms with van der Waals surface area (Å²) in [6, 6.07) is 6.29. The van der Waals surface area contributed by atoms with E-state index in [1.807, 2.05) is 34.0 Å². The van der Waals surface area contributed by atoms with Gasteiger partial charge in [-0.15, -0.1) is 0 Å². The van der Waals surface area contributed by atoms with Crippen molar-refractivity contribution in [2.24, 2.45) is 0 Å². The van der Waals surface area contributed by atoms with E-state index in [4.69, 9.17) is 20.6 Å². The Morgan fingerprint density at radius 1 is 1.00 bits per heavy atom. The summed E-state index contributed by atoms with van der Waals surface area (Å²) in [4.78, 5) is 11.5. The zero-order valence-corrected chi connectivity index (χ0v) is 19.3. The molecule has 166 valence electrons. The van der Waals surface area contributed by atoms with Crippen molar-refractivity contribution < 1.29 is 9.05 Å². The van der Waals surface area contributed by atoms with Crippen molar-refractivity contribution in [1.82, 2.24) is 25.1 Å². The number of nitrogens with zero attached hydrogens (tertiary/aromatic N) is 6. The lowest BCUT2D eigenvalue weighted by atomic mass is 10.2. The first kappa shape index (κ1) is 21.8. The molecule has 31 heavy (non-hydrogen) atoms. The van der Waals surface area contributed by atoms with Crippen molar-refractivity contribution in [2.45, 2.75) is 33.4 Å². The van der Waals surface area contributed by atoms with Gasteiger partial charge in [-0.05, 0) is 51.1 Å². The van der Waals surface area contributed by atoms with Crippen LogP contribution in [0.3, 0.4) is 0 Å². The topological polar surface area (TPSA) is 74.7 Å². The highest BCUT2D eigenvalue weighted by atomic mass is 35.5. The predicted octanol–water partition coefficient (Wildman–Crippen LogP) is 3.77. The molecule has 1 aliphatic rings. The van der Waals surface area contributed by atoms with Gasteiger partial charge in [-0.3, -0.25) is 9.80 Å². The first-order valence-electron chi connectivity index (χ1n) is 10.6. The Morgan fingerprint density at radius 2 is 1.74 bits per heavy atom. The SMILES string of the molecule is Cc1noc(C)c1-c1nc(CN2CCCN(Cc3ccc(N(C)C)cc3Cl)CC2)no1. The summed E-state index contributed by atoms with van der Waals surface area (Å²) in [5.74, 6) is 1.85. The van der Waals surface area contributed by atoms with Crippen LogP contribution in [-0.4, -0.2) is 65.4 Å². The Labute approximate surface area is 187 Å². The molecule has 1 saturated heterocycles. The van der Waals surface area contributed by atoms with Crippen molar-refractivity contribution in [2.75, 3.05) is 45.2 Å². The fraction of sp³-hybridized carbons (Fsp3) is 0.500. The van der Waals surface area contributed by atoms with Crippen molar-refractivity contribution in [3.63, 3.8) is 0 Å². The van der Waals surface area contributed by atoms with Crippen molar-refractivity contribution in [3.05, 3.63) is 46.1 Å². The van der Waals surface area contributed by atoms with Crippen LogP contribution in [0.2, 0.25) is 5.02 Å². The van der Waals surface area contributed by atoms with Gasteiger partial charge in [0.15, 0.2) is 5.82 Å². The van der Waals surface area contributed by atoms with Crippen LogP contribution in [0.1, 0.15) is 29.3 Å². The molecule has 0 saturated carbocycles. The summed E-state index contributed by atoms with van der Waals surface area (Å²) in [5, 5.41) is 8.95. The molecule has 1 fully saturated rings. The normalized spacial score (nSPS) is 15.9. The quantitative estimate of drug-likeness (QED) is 0.568. The molecule has 0 amide bonds. The summed E-state index contributed by atoms with van der Waals surface area (Å²) in [6.45, 7) is 9.21. The third-order valence-corrected chi connectivity index (χ3v) is 6.06. The molecule has 2 aromatic heterocycles. The van der Waals surface area contributed by atoms with Gasteiger partial charge in [0.2, 0.25) is 0 Å². The van der Waals surface area contributed by atoms with Gasteiger partial charge in [-0.2, -0.15) is 4.98 Å². The van der Waals surface area contributed by atoms with Crippen LogP contribution in [0, 0.1) is 13.8 Å². The number of hydrogen-bond donors (Lipinski definition) is 0. The first-order valence-corrected chi connectivity index (χ1v) is 10.9. The molecular formula is C22H29ClN6O2. The second-order valence-electron chi connectivity index (χ2n) is 8.29. The standard InChI is InChI=1S/C22H29ClN6O2/c1-15-21(16(2)30-25-15)22-24-20(26-31-22)14-29-9-5-8-28(10-11-29)13-17-6-7-18(27(3)4)12-19(17)23/h6-7,12H,5,8-11,13-14H2,1-4H3. The van der Waals surface area contributed by atoms with Gasteiger partial charge in [-0.25, -0.2) is 0 Å². The lowest BCUT2D eigenvalue weighted by Gasteiger charge is -2.22. The van der Waals surface area contributed by atoms with Gasteiger partial charge in [0.05, 0.1) is 12.2 Å². The molecule has 8 nitrogen and oxygen atoms in total. The molecule has 4 rings (SSSR count). The summed E-state index contributed by atoms with van der Waals surface area (Å²) >= 11 is 6.53. The highest BCUT2D eigenvalue weighted by Gasteiger charge is 2.21. The lowest BCUT2D eigenvalue weighted by Crippen LogP contribution is -2.30. The lowest BCUT2D eigenvalue weighted by molar-refractivity contribution is 0.241. The van der Waals surface area contributed by atoms with Crippen molar-refractivity contribution in [3.8, 4) is 11.5 Å². The van der Waals surface area contributed by atoms with Crippen LogP contribution in [-0.2, 0) is 13.1 Å². The van der Waals surface area contributed by atoms with Crippen LogP contribution in [0.4, 0.5) is 5.69 Å². The van der Waals surface area contributed by atoms with E-state index in [0.29, 0.717) is 24.0 Å². The molecule has 3 heterocycles. The molecule has 1 aliphatic heterocycles. The number of anilines is 1. The minimum atomic E-state index is 0.471.